The molecule has 0 aliphatic heterocycles. The van der Waals surface area contributed by atoms with Crippen LogP contribution in [0.25, 0.3) is 0 Å². The molecule has 0 saturated heterocycles. The zero-order valence-corrected chi connectivity index (χ0v) is 37.1. The van der Waals surface area contributed by atoms with Gasteiger partial charge in [0, 0.05) is 12.8 Å². The van der Waals surface area contributed by atoms with Crippen molar-refractivity contribution in [2.24, 2.45) is 0 Å². The topological polar surface area (TPSA) is 108 Å². The Morgan fingerprint density at radius 1 is 0.564 bits per heavy atom. The molecule has 9 nitrogen and oxygen atoms in total. The van der Waals surface area contributed by atoms with Gasteiger partial charge in [0.1, 0.15) is 19.8 Å². The molecule has 0 aliphatic rings. The number of carbonyl (C=O) groups is 2. The number of esters is 2. The Kier molecular flexibility index (Phi) is 36.6. The molecule has 0 aromatic rings. The van der Waals surface area contributed by atoms with Crippen LogP contribution >= 0.6 is 7.82 Å². The highest BCUT2D eigenvalue weighted by atomic mass is 31.2. The minimum atomic E-state index is -4.39. The fourth-order valence-electron chi connectivity index (χ4n) is 5.91. The third kappa shape index (κ3) is 41.7. The number of nitrogens with zero attached hydrogens (tertiary/aromatic N) is 1. The highest BCUT2D eigenvalue weighted by Gasteiger charge is 2.27. The van der Waals surface area contributed by atoms with Gasteiger partial charge in [-0.2, -0.15) is 0 Å². The van der Waals surface area contributed by atoms with E-state index in [4.69, 9.17) is 18.5 Å². The molecule has 0 fully saturated rings. The van der Waals surface area contributed by atoms with Crippen molar-refractivity contribution in [3.63, 3.8) is 0 Å². The second kappa shape index (κ2) is 37.8. The lowest BCUT2D eigenvalue weighted by molar-refractivity contribution is -0.870. The summed E-state index contributed by atoms with van der Waals surface area (Å²) < 4.78 is 34.2. The van der Waals surface area contributed by atoms with E-state index in [9.17, 15) is 19.0 Å². The summed E-state index contributed by atoms with van der Waals surface area (Å²) in [7, 11) is 1.43. The second-order valence-electron chi connectivity index (χ2n) is 16.1. The van der Waals surface area contributed by atoms with Crippen molar-refractivity contribution >= 4 is 19.8 Å². The van der Waals surface area contributed by atoms with Gasteiger partial charge in [0.2, 0.25) is 0 Å². The zero-order valence-electron chi connectivity index (χ0n) is 36.2. The van der Waals surface area contributed by atoms with E-state index in [-0.39, 0.29) is 26.1 Å². The van der Waals surface area contributed by atoms with E-state index >= 15 is 0 Å². The van der Waals surface area contributed by atoms with Gasteiger partial charge in [-0.15, -0.1) is 0 Å². The molecule has 2 atom stereocenters. The van der Waals surface area contributed by atoms with Gasteiger partial charge in [0.15, 0.2) is 6.10 Å². The van der Waals surface area contributed by atoms with Crippen molar-refractivity contribution in [2.45, 2.75) is 193 Å². The Hall–Kier alpha value is -1.77. The molecule has 0 amide bonds. The van der Waals surface area contributed by atoms with E-state index in [1.165, 1.54) is 122 Å². The van der Waals surface area contributed by atoms with Gasteiger partial charge >= 0.3 is 19.8 Å². The van der Waals surface area contributed by atoms with E-state index in [2.05, 4.69) is 32.1 Å². The highest BCUT2D eigenvalue weighted by molar-refractivity contribution is 7.47. The van der Waals surface area contributed by atoms with Gasteiger partial charge in [-0.25, -0.2) is 4.57 Å². The van der Waals surface area contributed by atoms with Crippen LogP contribution < -0.4 is 0 Å². The predicted molar refractivity (Wildman–Crippen MR) is 229 cm³/mol. The van der Waals surface area contributed by atoms with Crippen LogP contribution in [0.15, 0.2) is 36.5 Å². The summed E-state index contributed by atoms with van der Waals surface area (Å²) in [5, 5.41) is 0. The Morgan fingerprint density at radius 3 is 1.47 bits per heavy atom. The van der Waals surface area contributed by atoms with Gasteiger partial charge in [-0.05, 0) is 44.9 Å². The highest BCUT2D eigenvalue weighted by Crippen LogP contribution is 2.43. The number of hydrogen-bond donors (Lipinski definition) is 1. The molecule has 0 saturated carbocycles. The molecule has 0 bridgehead atoms. The molecule has 2 unspecified atom stereocenters. The van der Waals surface area contributed by atoms with Gasteiger partial charge in [-0.1, -0.05) is 166 Å². The van der Waals surface area contributed by atoms with E-state index < -0.39 is 32.5 Å². The minimum Gasteiger partial charge on any atom is -0.462 e. The molecule has 0 rings (SSSR count). The number of phosphoric ester groups is 1. The number of allylic oxidation sites excluding steroid dienone is 6. The molecular formula is C45H85NO8P+. The average molecular weight is 799 g/mol. The Morgan fingerprint density at radius 2 is 0.982 bits per heavy atom. The third-order valence-corrected chi connectivity index (χ3v) is 10.4. The smallest absolute Gasteiger partial charge is 0.462 e. The molecule has 10 heteroatoms. The van der Waals surface area contributed by atoms with E-state index in [1.807, 2.05) is 39.4 Å². The fraction of sp³-hybridized carbons (Fsp3) is 0.822. The summed E-state index contributed by atoms with van der Waals surface area (Å²) in [4.78, 5) is 35.3. The summed E-state index contributed by atoms with van der Waals surface area (Å²) in [5.74, 6) is -0.931. The number of carbonyl (C=O) groups excluding carboxylic acids is 2. The summed E-state index contributed by atoms with van der Waals surface area (Å²) >= 11 is 0. The summed E-state index contributed by atoms with van der Waals surface area (Å²) in [6.45, 7) is 4.32. The molecule has 1 N–H and O–H groups in total. The van der Waals surface area contributed by atoms with Crippen molar-refractivity contribution < 1.29 is 42.1 Å². The normalized spacial score (nSPS) is 13.9. The van der Waals surface area contributed by atoms with E-state index in [0.29, 0.717) is 23.9 Å². The van der Waals surface area contributed by atoms with Crippen LogP contribution in [0, 0.1) is 0 Å². The Balaban J connectivity index is 4.46. The molecule has 322 valence electrons. The van der Waals surface area contributed by atoms with Crippen molar-refractivity contribution in [2.75, 3.05) is 47.5 Å². The SMILES string of the molecule is CCCCCCCCCC/C=C\C/C=C\CCC(=O)OC(COC(=O)CC/C=C\CCCCCCCCCCCCCC)COP(=O)(O)OCC[N+](C)(C)C. The summed E-state index contributed by atoms with van der Waals surface area (Å²) in [6, 6.07) is 0. The molecule has 0 aromatic carbocycles. The van der Waals surface area contributed by atoms with Crippen molar-refractivity contribution in [3.05, 3.63) is 36.5 Å². The van der Waals surface area contributed by atoms with Gasteiger partial charge in [-0.3, -0.25) is 18.6 Å². The number of quaternary nitrogens is 1. The maximum absolute atomic E-state index is 12.6. The Bertz CT molecular complexity index is 1040. The van der Waals surface area contributed by atoms with Crippen LogP contribution in [0.1, 0.15) is 187 Å². The standard InChI is InChI=1S/C45H84NO8P/c1-6-8-10-12-14-16-18-20-22-24-25-27-29-31-33-35-37-44(47)51-41-43(42-53-55(49,50)52-40-39-46(3,4)5)54-45(48)38-36-34-32-30-28-26-23-21-19-17-15-13-11-9-7-2/h26,28,31-34,43H,6-25,27,29-30,35-42H2,1-5H3/p+1/b28-26-,33-31-,34-32-. The molecular weight excluding hydrogens is 713 g/mol. The van der Waals surface area contributed by atoms with Crippen LogP contribution in [0.4, 0.5) is 0 Å². The first kappa shape index (κ1) is 53.2. The maximum atomic E-state index is 12.6. The number of rotatable bonds is 40. The third-order valence-electron chi connectivity index (χ3n) is 9.42. The first-order valence-corrected chi connectivity index (χ1v) is 23.7. The van der Waals surface area contributed by atoms with Gasteiger partial charge < -0.3 is 18.9 Å². The number of hydrogen-bond acceptors (Lipinski definition) is 7. The lowest BCUT2D eigenvalue weighted by Gasteiger charge is -2.24. The van der Waals surface area contributed by atoms with E-state index in [1.54, 1.807) is 0 Å². The number of phosphoric acid groups is 1. The van der Waals surface area contributed by atoms with Gasteiger partial charge in [0.25, 0.3) is 0 Å². The largest absolute Gasteiger partial charge is 0.472 e. The Labute approximate surface area is 338 Å². The van der Waals surface area contributed by atoms with Crippen LogP contribution in [0.2, 0.25) is 0 Å². The number of likely N-dealkylation sites (N-methyl/N-ethyl adjacent to an activating group) is 1. The second-order valence-corrected chi connectivity index (χ2v) is 17.5. The van der Waals surface area contributed by atoms with Crippen molar-refractivity contribution in [3.8, 4) is 0 Å². The first-order chi connectivity index (χ1) is 26.5. The lowest BCUT2D eigenvalue weighted by Crippen LogP contribution is -2.37. The molecule has 55 heavy (non-hydrogen) atoms. The summed E-state index contributed by atoms with van der Waals surface area (Å²) in [5.41, 5.74) is 0. The van der Waals surface area contributed by atoms with Crippen LogP contribution in [0.5, 0.6) is 0 Å². The van der Waals surface area contributed by atoms with Crippen LogP contribution in [0.3, 0.4) is 0 Å². The lowest BCUT2D eigenvalue weighted by atomic mass is 10.0. The van der Waals surface area contributed by atoms with Crippen molar-refractivity contribution in [1.29, 1.82) is 0 Å². The fourth-order valence-corrected chi connectivity index (χ4v) is 6.65. The van der Waals surface area contributed by atoms with E-state index in [0.717, 1.165) is 25.7 Å². The first-order valence-electron chi connectivity index (χ1n) is 22.2. The van der Waals surface area contributed by atoms with Crippen LogP contribution in [-0.2, 0) is 32.7 Å². The quantitative estimate of drug-likeness (QED) is 0.0215. The number of ether oxygens (including phenoxy) is 2. The molecule has 0 aromatic heterocycles. The van der Waals surface area contributed by atoms with Crippen LogP contribution in [-0.4, -0.2) is 74.9 Å². The monoisotopic (exact) mass is 799 g/mol. The summed E-state index contributed by atoms with van der Waals surface area (Å²) in [6.07, 6.45) is 42.2. The minimum absolute atomic E-state index is 0.0181. The predicted octanol–water partition coefficient (Wildman–Crippen LogP) is 12.5. The molecule has 0 aliphatic carbocycles. The van der Waals surface area contributed by atoms with Gasteiger partial charge in [0.05, 0.1) is 27.7 Å². The average Bonchev–Trinajstić information content (AvgIpc) is 3.13. The number of unbranched alkanes of at least 4 members (excludes halogenated alkanes) is 20. The molecule has 0 heterocycles. The molecule has 0 spiro atoms. The molecule has 0 radical (unpaired) electrons. The zero-order chi connectivity index (χ0) is 40.7. The van der Waals surface area contributed by atoms with Crippen molar-refractivity contribution in [1.82, 2.24) is 0 Å². The maximum Gasteiger partial charge on any atom is 0.472 e.